The molecule has 0 bridgehead atoms. The molecule has 240 valence electrons. The van der Waals surface area contributed by atoms with E-state index in [1.807, 2.05) is 29.2 Å². The van der Waals surface area contributed by atoms with Gasteiger partial charge in [0.25, 0.3) is 5.91 Å². The smallest absolute Gasteiger partial charge is 0.260 e. The van der Waals surface area contributed by atoms with E-state index in [-0.39, 0.29) is 28.8 Å². The number of para-hydroxylation sites is 3. The van der Waals surface area contributed by atoms with Gasteiger partial charge in [-0.25, -0.2) is 0 Å². The van der Waals surface area contributed by atoms with Gasteiger partial charge in [-0.3, -0.25) is 14.4 Å². The predicted octanol–water partition coefficient (Wildman–Crippen LogP) is 4.22. The van der Waals surface area contributed by atoms with Gasteiger partial charge >= 0.3 is 0 Å². The number of carbonyl (C=O) groups excluding carboxylic acids is 3. The van der Waals surface area contributed by atoms with Gasteiger partial charge < -0.3 is 35.6 Å². The second-order valence-corrected chi connectivity index (χ2v) is 11.3. The van der Waals surface area contributed by atoms with Crippen molar-refractivity contribution in [3.05, 3.63) is 83.4 Å². The van der Waals surface area contributed by atoms with Crippen molar-refractivity contribution in [3.8, 4) is 11.5 Å². The molecule has 0 saturated carbocycles. The van der Waals surface area contributed by atoms with Crippen molar-refractivity contribution in [1.82, 2.24) is 9.80 Å². The Morgan fingerprint density at radius 3 is 2.20 bits per heavy atom. The Balaban J connectivity index is 1.33. The minimum absolute atomic E-state index is 0.198. The highest BCUT2D eigenvalue weighted by atomic mass is 16.5. The molecular weight excluding hydrogens is 570 g/mol. The number of nitrogens with two attached hydrogens (primary N) is 2. The zero-order valence-corrected chi connectivity index (χ0v) is 26.4. The van der Waals surface area contributed by atoms with Crippen molar-refractivity contribution >= 4 is 29.0 Å². The Labute approximate surface area is 265 Å². The van der Waals surface area contributed by atoms with Crippen molar-refractivity contribution in [3.63, 3.8) is 0 Å². The van der Waals surface area contributed by atoms with Gasteiger partial charge in [0.2, 0.25) is 5.91 Å². The number of hydrogen-bond acceptors (Lipinski definition) is 8. The fraction of sp³-hybridized carbons (Fsp3) is 0.400. The second kappa shape index (κ2) is 16.6. The zero-order valence-electron chi connectivity index (χ0n) is 26.4. The van der Waals surface area contributed by atoms with Gasteiger partial charge in [0.15, 0.2) is 5.78 Å². The molecule has 45 heavy (non-hydrogen) atoms. The van der Waals surface area contributed by atoms with Crippen LogP contribution in [0.25, 0.3) is 0 Å². The fourth-order valence-electron chi connectivity index (χ4n) is 5.20. The van der Waals surface area contributed by atoms with E-state index in [9.17, 15) is 14.4 Å². The average Bonchev–Trinajstić information content (AvgIpc) is 3.06. The fourth-order valence-corrected chi connectivity index (χ4v) is 5.20. The van der Waals surface area contributed by atoms with Gasteiger partial charge in [-0.15, -0.1) is 0 Å². The molecule has 1 heterocycles. The number of anilines is 2. The van der Waals surface area contributed by atoms with Gasteiger partial charge in [0.05, 0.1) is 30.0 Å². The molecule has 1 aliphatic rings. The van der Waals surface area contributed by atoms with Crippen LogP contribution in [0.4, 0.5) is 11.4 Å². The molecule has 10 heteroatoms. The number of amides is 2. The van der Waals surface area contributed by atoms with Crippen molar-refractivity contribution in [2.45, 2.75) is 32.1 Å². The highest BCUT2D eigenvalue weighted by molar-refractivity contribution is 6.14. The molecular formula is C35H45N5O5. The lowest BCUT2D eigenvalue weighted by molar-refractivity contribution is -0.132. The average molecular weight is 616 g/mol. The third kappa shape index (κ3) is 9.06. The van der Waals surface area contributed by atoms with Crippen LogP contribution in [-0.4, -0.2) is 87.4 Å². The quantitative estimate of drug-likeness (QED) is 0.148. The molecule has 0 unspecified atom stereocenters. The molecule has 4 rings (SSSR count). The normalized spacial score (nSPS) is 13.4. The van der Waals surface area contributed by atoms with Crippen LogP contribution in [0.1, 0.15) is 58.4 Å². The predicted molar refractivity (Wildman–Crippen MR) is 177 cm³/mol. The maximum absolute atomic E-state index is 13.5. The Kier molecular flexibility index (Phi) is 12.4. The molecule has 3 aromatic carbocycles. The van der Waals surface area contributed by atoms with Crippen LogP contribution >= 0.6 is 0 Å². The lowest BCUT2D eigenvalue weighted by Crippen LogP contribution is -2.47. The maximum Gasteiger partial charge on any atom is 0.260 e. The first-order chi connectivity index (χ1) is 21.8. The van der Waals surface area contributed by atoms with Crippen LogP contribution in [0.3, 0.4) is 0 Å². The highest BCUT2D eigenvalue weighted by Crippen LogP contribution is 2.30. The van der Waals surface area contributed by atoms with Crippen LogP contribution in [-0.2, 0) is 4.79 Å². The minimum atomic E-state index is -0.324. The number of carbonyl (C=O) groups is 3. The molecule has 1 saturated heterocycles. The third-order valence-electron chi connectivity index (χ3n) is 7.96. The molecule has 1 aliphatic heterocycles. The second-order valence-electron chi connectivity index (χ2n) is 11.3. The van der Waals surface area contributed by atoms with Gasteiger partial charge in [0, 0.05) is 50.9 Å². The van der Waals surface area contributed by atoms with Crippen molar-refractivity contribution < 1.29 is 23.9 Å². The lowest BCUT2D eigenvalue weighted by atomic mass is 9.99. The molecule has 0 aromatic heterocycles. The van der Waals surface area contributed by atoms with Crippen LogP contribution in [0, 0.1) is 0 Å². The number of unbranched alkanes of at least 4 members (excludes halogenated alkanes) is 2. The summed E-state index contributed by atoms with van der Waals surface area (Å²) < 4.78 is 11.8. The van der Waals surface area contributed by atoms with E-state index in [0.29, 0.717) is 60.9 Å². The van der Waals surface area contributed by atoms with Crippen LogP contribution in [0.15, 0.2) is 66.7 Å². The summed E-state index contributed by atoms with van der Waals surface area (Å²) in [5, 5.41) is 0. The number of ether oxygens (including phenoxy) is 2. The monoisotopic (exact) mass is 615 g/mol. The first-order valence-corrected chi connectivity index (χ1v) is 15.6. The van der Waals surface area contributed by atoms with Gasteiger partial charge in [-0.2, -0.15) is 0 Å². The zero-order chi connectivity index (χ0) is 32.2. The Hall–Kier alpha value is -4.41. The number of piperazine rings is 1. The summed E-state index contributed by atoms with van der Waals surface area (Å²) in [5.74, 6) is 0.710. The van der Waals surface area contributed by atoms with Crippen LogP contribution in [0.5, 0.6) is 11.5 Å². The van der Waals surface area contributed by atoms with Gasteiger partial charge in [0.1, 0.15) is 11.5 Å². The Morgan fingerprint density at radius 1 is 0.800 bits per heavy atom. The Bertz CT molecular complexity index is 1450. The van der Waals surface area contributed by atoms with E-state index in [2.05, 4.69) is 11.9 Å². The minimum Gasteiger partial charge on any atom is -0.493 e. The van der Waals surface area contributed by atoms with Crippen molar-refractivity contribution in [1.29, 1.82) is 0 Å². The number of nitrogen functional groups attached to an aromatic ring is 1. The molecule has 3 aromatic rings. The van der Waals surface area contributed by atoms with Crippen LogP contribution < -0.4 is 25.8 Å². The lowest BCUT2D eigenvalue weighted by Gasteiger charge is -2.32. The summed E-state index contributed by atoms with van der Waals surface area (Å²) in [5.41, 5.74) is 13.7. The third-order valence-corrected chi connectivity index (χ3v) is 7.96. The van der Waals surface area contributed by atoms with E-state index in [1.54, 1.807) is 43.4 Å². The summed E-state index contributed by atoms with van der Waals surface area (Å²) in [6.07, 6.45) is 3.72. The largest absolute Gasteiger partial charge is 0.493 e. The summed E-state index contributed by atoms with van der Waals surface area (Å²) >= 11 is 0. The number of benzene rings is 3. The molecule has 0 aliphatic carbocycles. The highest BCUT2D eigenvalue weighted by Gasteiger charge is 2.22. The summed E-state index contributed by atoms with van der Waals surface area (Å²) in [7, 11) is 3.75. The van der Waals surface area contributed by atoms with E-state index in [0.717, 1.165) is 45.4 Å². The summed E-state index contributed by atoms with van der Waals surface area (Å²) in [4.78, 5) is 45.0. The van der Waals surface area contributed by atoms with E-state index < -0.39 is 0 Å². The molecule has 0 spiro atoms. The molecule has 10 nitrogen and oxygen atoms in total. The SMILES string of the molecule is CN1CCN(C(=O)CCCCCOc2ccccc2N(C)C(=O)c2ccc(C(=O)c3ccccc3OCCCN)cc2N)CC1. The van der Waals surface area contributed by atoms with E-state index >= 15 is 0 Å². The number of rotatable bonds is 15. The van der Waals surface area contributed by atoms with E-state index in [4.69, 9.17) is 20.9 Å². The molecule has 0 atom stereocenters. The van der Waals surface area contributed by atoms with Crippen molar-refractivity contribution in [2.75, 3.05) is 70.7 Å². The molecule has 2 amide bonds. The molecule has 4 N–H and O–H groups in total. The van der Waals surface area contributed by atoms with Gasteiger partial charge in [-0.1, -0.05) is 30.3 Å². The van der Waals surface area contributed by atoms with Gasteiger partial charge in [-0.05, 0) is 75.7 Å². The Morgan fingerprint density at radius 2 is 1.47 bits per heavy atom. The number of likely N-dealkylation sites (N-methyl/N-ethyl adjacent to an activating group) is 1. The maximum atomic E-state index is 13.5. The first kappa shape index (κ1) is 33.5. The van der Waals surface area contributed by atoms with Crippen molar-refractivity contribution in [2.24, 2.45) is 5.73 Å². The topological polar surface area (TPSA) is 131 Å². The number of nitrogens with zero attached hydrogens (tertiary/aromatic N) is 3. The summed E-state index contributed by atoms with van der Waals surface area (Å²) in [6, 6.07) is 19.1. The first-order valence-electron chi connectivity index (χ1n) is 15.6. The standard InChI is InChI=1S/C35H45N5O5/c1-38-19-21-40(22-20-38)33(41)15-4-3-9-23-45-32-14-8-6-12-30(32)39(2)35(43)27-17-16-26(25-29(27)37)34(42)28-11-5-7-13-31(28)44-24-10-18-36/h5-8,11-14,16-17,25H,3-4,9-10,15,18-24,36-37H2,1-2H3. The van der Waals surface area contributed by atoms with E-state index in [1.165, 1.54) is 11.0 Å². The number of hydrogen-bond donors (Lipinski definition) is 2. The number of ketones is 1. The molecule has 0 radical (unpaired) electrons. The molecule has 1 fully saturated rings. The van der Waals surface area contributed by atoms with Crippen LogP contribution in [0.2, 0.25) is 0 Å². The summed E-state index contributed by atoms with van der Waals surface area (Å²) in [6.45, 7) is 4.83.